The summed E-state index contributed by atoms with van der Waals surface area (Å²) in [5.41, 5.74) is 1.47. The second-order valence-corrected chi connectivity index (χ2v) is 8.53. The van der Waals surface area contributed by atoms with E-state index in [1.54, 1.807) is 17.3 Å². The minimum absolute atomic E-state index is 0.212. The Morgan fingerprint density at radius 2 is 1.88 bits per heavy atom. The third-order valence-corrected chi connectivity index (χ3v) is 5.87. The normalized spacial score (nSPS) is 19.8. The molecule has 1 aromatic heterocycles. The van der Waals surface area contributed by atoms with Crippen molar-refractivity contribution in [1.82, 2.24) is 14.9 Å². The Labute approximate surface area is 143 Å². The van der Waals surface area contributed by atoms with Crippen molar-refractivity contribution in [2.24, 2.45) is 0 Å². The molecule has 24 heavy (non-hydrogen) atoms. The molecule has 0 saturated carbocycles. The van der Waals surface area contributed by atoms with E-state index in [4.69, 9.17) is 0 Å². The number of nitrogens with one attached hydrogen (secondary N) is 1. The van der Waals surface area contributed by atoms with Crippen molar-refractivity contribution in [2.45, 2.75) is 18.6 Å². The van der Waals surface area contributed by atoms with Crippen molar-refractivity contribution in [3.8, 4) is 11.4 Å². The van der Waals surface area contributed by atoms with Gasteiger partial charge in [0.2, 0.25) is 0 Å². The quantitative estimate of drug-likeness (QED) is 0.908. The molecule has 1 aliphatic rings. The van der Waals surface area contributed by atoms with Gasteiger partial charge in [-0.2, -0.15) is 0 Å². The molecule has 1 N–H and O–H groups in total. The van der Waals surface area contributed by atoms with E-state index >= 15 is 0 Å². The fraction of sp³-hybridized carbons (Fsp3) is 0.353. The summed E-state index contributed by atoms with van der Waals surface area (Å²) >= 11 is 0. The molecule has 0 bridgehead atoms. The Morgan fingerprint density at radius 1 is 1.21 bits per heavy atom. The molecule has 0 unspecified atom stereocenters. The fourth-order valence-corrected chi connectivity index (χ4v) is 3.82. The Morgan fingerprint density at radius 3 is 2.50 bits per heavy atom. The Hall–Kier alpha value is -2.28. The fourth-order valence-electron chi connectivity index (χ4n) is 2.58. The van der Waals surface area contributed by atoms with Gasteiger partial charge in [0.1, 0.15) is 0 Å². The molecule has 126 valence electrons. The standard InChI is InChI=1S/C17H20N4O2S/c1-17(2)12-21(8-9-24(17)23)16(22)20-14-10-18-15(19-11-14)13-6-4-3-5-7-13/h3-7,10-11H,8-9,12H2,1-2H3,(H,20,22)/t24-/m1/s1. The third kappa shape index (κ3) is 3.62. The molecule has 7 heteroatoms. The Kier molecular flexibility index (Phi) is 4.62. The van der Waals surface area contributed by atoms with Crippen molar-refractivity contribution < 1.29 is 9.00 Å². The minimum Gasteiger partial charge on any atom is -0.322 e. The molecule has 0 aliphatic carbocycles. The number of benzene rings is 1. The van der Waals surface area contributed by atoms with Gasteiger partial charge in [0.05, 0.1) is 22.8 Å². The summed E-state index contributed by atoms with van der Waals surface area (Å²) in [5.74, 6) is 1.12. The number of carbonyl (C=O) groups excluding carboxylic acids is 1. The largest absolute Gasteiger partial charge is 0.322 e. The van der Waals surface area contributed by atoms with E-state index in [2.05, 4.69) is 15.3 Å². The lowest BCUT2D eigenvalue weighted by molar-refractivity contribution is 0.207. The second kappa shape index (κ2) is 6.68. The number of anilines is 1. The molecule has 1 saturated heterocycles. The van der Waals surface area contributed by atoms with Crippen molar-refractivity contribution >= 4 is 22.5 Å². The van der Waals surface area contributed by atoms with E-state index in [0.717, 1.165) is 5.56 Å². The first-order valence-corrected chi connectivity index (χ1v) is 9.09. The van der Waals surface area contributed by atoms with Crippen molar-refractivity contribution in [2.75, 3.05) is 24.2 Å². The van der Waals surface area contributed by atoms with Gasteiger partial charge in [-0.05, 0) is 13.8 Å². The van der Waals surface area contributed by atoms with Crippen LogP contribution >= 0.6 is 0 Å². The van der Waals surface area contributed by atoms with Crippen LogP contribution in [0.3, 0.4) is 0 Å². The first-order chi connectivity index (χ1) is 11.5. The minimum atomic E-state index is -0.905. The summed E-state index contributed by atoms with van der Waals surface area (Å²) in [6, 6.07) is 9.45. The molecule has 2 aromatic rings. The van der Waals surface area contributed by atoms with E-state index in [1.807, 2.05) is 44.2 Å². The average molecular weight is 344 g/mol. The van der Waals surface area contributed by atoms with Crippen LogP contribution in [0.15, 0.2) is 42.7 Å². The van der Waals surface area contributed by atoms with Gasteiger partial charge in [0.25, 0.3) is 0 Å². The molecular formula is C17H20N4O2S. The number of hydrogen-bond acceptors (Lipinski definition) is 4. The summed E-state index contributed by atoms with van der Waals surface area (Å²) in [6.45, 7) is 4.79. The number of urea groups is 1. The topological polar surface area (TPSA) is 75.2 Å². The average Bonchev–Trinajstić information content (AvgIpc) is 2.58. The molecule has 6 nitrogen and oxygen atoms in total. The Balaban J connectivity index is 1.66. The zero-order valence-electron chi connectivity index (χ0n) is 13.7. The van der Waals surface area contributed by atoms with Gasteiger partial charge in [0, 0.05) is 35.2 Å². The summed E-state index contributed by atoms with van der Waals surface area (Å²) < 4.78 is 11.6. The highest BCUT2D eigenvalue weighted by Gasteiger charge is 2.35. The second-order valence-electron chi connectivity index (χ2n) is 6.32. The maximum absolute atomic E-state index is 12.4. The molecule has 0 radical (unpaired) electrons. The first kappa shape index (κ1) is 16.6. The van der Waals surface area contributed by atoms with Crippen LogP contribution in [0.5, 0.6) is 0 Å². The number of nitrogens with zero attached hydrogens (tertiary/aromatic N) is 3. The predicted octanol–water partition coefficient (Wildman–Crippen LogP) is 2.52. The number of amides is 2. The van der Waals surface area contributed by atoms with Gasteiger partial charge in [-0.25, -0.2) is 14.8 Å². The SMILES string of the molecule is CC1(C)CN(C(=O)Nc2cnc(-c3ccccc3)nc2)CC[S@]1=O. The summed E-state index contributed by atoms with van der Waals surface area (Å²) in [4.78, 5) is 22.7. The molecule has 1 aromatic carbocycles. The number of carbonyl (C=O) groups is 1. The van der Waals surface area contributed by atoms with Gasteiger partial charge in [0.15, 0.2) is 5.82 Å². The first-order valence-electron chi connectivity index (χ1n) is 7.77. The van der Waals surface area contributed by atoms with Crippen LogP contribution in [-0.4, -0.2) is 48.7 Å². The molecule has 1 atom stereocenters. The Bertz CT molecular complexity index is 747. The summed E-state index contributed by atoms with van der Waals surface area (Å²) in [6.07, 6.45) is 3.20. The van der Waals surface area contributed by atoms with Crippen molar-refractivity contribution in [1.29, 1.82) is 0 Å². The highest BCUT2D eigenvalue weighted by molar-refractivity contribution is 7.86. The maximum Gasteiger partial charge on any atom is 0.322 e. The van der Waals surface area contributed by atoms with E-state index in [-0.39, 0.29) is 10.8 Å². The van der Waals surface area contributed by atoms with Crippen molar-refractivity contribution in [3.05, 3.63) is 42.7 Å². The van der Waals surface area contributed by atoms with E-state index in [9.17, 15) is 9.00 Å². The predicted molar refractivity (Wildman–Crippen MR) is 95.1 cm³/mol. The smallest absolute Gasteiger partial charge is 0.322 e. The lowest BCUT2D eigenvalue weighted by Crippen LogP contribution is -2.53. The molecule has 1 aliphatic heterocycles. The van der Waals surface area contributed by atoms with Gasteiger partial charge in [-0.1, -0.05) is 30.3 Å². The number of hydrogen-bond donors (Lipinski definition) is 1. The van der Waals surface area contributed by atoms with Crippen LogP contribution in [0.25, 0.3) is 11.4 Å². The van der Waals surface area contributed by atoms with Gasteiger partial charge in [-0.15, -0.1) is 0 Å². The molecular weight excluding hydrogens is 324 g/mol. The molecule has 3 rings (SSSR count). The highest BCUT2D eigenvalue weighted by Crippen LogP contribution is 2.21. The highest BCUT2D eigenvalue weighted by atomic mass is 32.2. The molecule has 2 amide bonds. The van der Waals surface area contributed by atoms with Crippen LogP contribution in [0, 0.1) is 0 Å². The van der Waals surface area contributed by atoms with E-state index in [0.29, 0.717) is 30.4 Å². The maximum atomic E-state index is 12.4. The zero-order chi connectivity index (χ0) is 17.2. The van der Waals surface area contributed by atoms with Crippen LogP contribution in [-0.2, 0) is 10.8 Å². The monoisotopic (exact) mass is 344 g/mol. The van der Waals surface area contributed by atoms with Crippen LogP contribution in [0.2, 0.25) is 0 Å². The van der Waals surface area contributed by atoms with Crippen molar-refractivity contribution in [3.63, 3.8) is 0 Å². The van der Waals surface area contributed by atoms with Crippen LogP contribution in [0.1, 0.15) is 13.8 Å². The zero-order valence-corrected chi connectivity index (χ0v) is 14.5. The van der Waals surface area contributed by atoms with Crippen LogP contribution in [0.4, 0.5) is 10.5 Å². The molecule has 1 fully saturated rings. The summed E-state index contributed by atoms with van der Waals surface area (Å²) in [5, 5.41) is 2.81. The lowest BCUT2D eigenvalue weighted by atomic mass is 10.2. The molecule has 2 heterocycles. The van der Waals surface area contributed by atoms with Gasteiger partial charge >= 0.3 is 6.03 Å². The van der Waals surface area contributed by atoms with Crippen LogP contribution < -0.4 is 5.32 Å². The van der Waals surface area contributed by atoms with Gasteiger partial charge < -0.3 is 10.2 Å². The lowest BCUT2D eigenvalue weighted by Gasteiger charge is -2.37. The van der Waals surface area contributed by atoms with Gasteiger partial charge in [-0.3, -0.25) is 4.21 Å². The van der Waals surface area contributed by atoms with E-state index in [1.165, 1.54) is 0 Å². The van der Waals surface area contributed by atoms with E-state index < -0.39 is 10.8 Å². The summed E-state index contributed by atoms with van der Waals surface area (Å²) in [7, 11) is -0.905. The molecule has 0 spiro atoms. The third-order valence-electron chi connectivity index (χ3n) is 3.96. The number of rotatable bonds is 2. The number of aromatic nitrogens is 2.